The fraction of sp³-hybridized carbons (Fsp3) is 0.455. The fourth-order valence-corrected chi connectivity index (χ4v) is 1.60. The van der Waals surface area contributed by atoms with Crippen molar-refractivity contribution < 1.29 is 9.50 Å². The van der Waals surface area contributed by atoms with Crippen molar-refractivity contribution in [3.05, 3.63) is 29.0 Å². The van der Waals surface area contributed by atoms with E-state index in [4.69, 9.17) is 11.6 Å². The number of benzene rings is 1. The molecule has 0 saturated heterocycles. The quantitative estimate of drug-likeness (QED) is 0.832. The highest BCUT2D eigenvalue weighted by Gasteiger charge is 2.06. The average molecular weight is 247 g/mol. The van der Waals surface area contributed by atoms with Crippen molar-refractivity contribution >= 4 is 17.3 Å². The van der Waals surface area contributed by atoms with Crippen LogP contribution in [0, 0.1) is 5.82 Å². The second-order valence-corrected chi connectivity index (χ2v) is 4.39. The van der Waals surface area contributed by atoms with Gasteiger partial charge in [-0.1, -0.05) is 11.6 Å². The zero-order valence-corrected chi connectivity index (χ0v) is 10.1. The van der Waals surface area contributed by atoms with Crippen molar-refractivity contribution in [2.24, 2.45) is 0 Å². The summed E-state index contributed by atoms with van der Waals surface area (Å²) >= 11 is 5.70. The molecule has 0 amide bonds. The van der Waals surface area contributed by atoms with E-state index in [0.29, 0.717) is 23.8 Å². The van der Waals surface area contributed by atoms with Gasteiger partial charge in [-0.25, -0.2) is 4.39 Å². The van der Waals surface area contributed by atoms with E-state index in [9.17, 15) is 9.50 Å². The third-order valence-corrected chi connectivity index (χ3v) is 2.20. The van der Waals surface area contributed by atoms with Gasteiger partial charge in [0.1, 0.15) is 5.82 Å². The Hall–Kier alpha value is -0.840. The van der Waals surface area contributed by atoms with Crippen LogP contribution in [-0.2, 0) is 0 Å². The lowest BCUT2D eigenvalue weighted by atomic mass is 10.3. The summed E-state index contributed by atoms with van der Waals surface area (Å²) in [5.74, 6) is -0.392. The number of nitrogens with one attached hydrogen (secondary N) is 1. The van der Waals surface area contributed by atoms with Crippen molar-refractivity contribution in [1.82, 2.24) is 4.90 Å². The Balaban J connectivity index is 2.48. The minimum absolute atomic E-state index is 0.338. The first-order valence-electron chi connectivity index (χ1n) is 5.00. The lowest BCUT2D eigenvalue weighted by Crippen LogP contribution is -2.31. The summed E-state index contributed by atoms with van der Waals surface area (Å²) in [4.78, 5) is 1.88. The number of aliphatic hydroxyl groups is 1. The summed E-state index contributed by atoms with van der Waals surface area (Å²) in [6.07, 6.45) is -0.503. The molecule has 0 fully saturated rings. The monoisotopic (exact) mass is 246 g/mol. The van der Waals surface area contributed by atoms with Gasteiger partial charge >= 0.3 is 0 Å². The Morgan fingerprint density at radius 1 is 1.44 bits per heavy atom. The maximum absolute atomic E-state index is 13.0. The Bertz CT molecular complexity index is 327. The van der Waals surface area contributed by atoms with Crippen LogP contribution in [0.5, 0.6) is 0 Å². The minimum atomic E-state index is -0.503. The van der Waals surface area contributed by atoms with Crippen LogP contribution in [0.2, 0.25) is 5.02 Å². The first-order chi connectivity index (χ1) is 7.47. The summed E-state index contributed by atoms with van der Waals surface area (Å²) in [6.45, 7) is 0.911. The number of likely N-dealkylation sites (N-methyl/N-ethyl adjacent to an activating group) is 1. The molecule has 1 rings (SSSR count). The number of nitrogens with zero attached hydrogens (tertiary/aromatic N) is 1. The van der Waals surface area contributed by atoms with Gasteiger partial charge in [0.15, 0.2) is 0 Å². The van der Waals surface area contributed by atoms with Crippen LogP contribution in [0.15, 0.2) is 18.2 Å². The van der Waals surface area contributed by atoms with Gasteiger partial charge in [0.2, 0.25) is 0 Å². The molecular formula is C11H16ClFN2O. The molecule has 90 valence electrons. The predicted molar refractivity (Wildman–Crippen MR) is 64.5 cm³/mol. The van der Waals surface area contributed by atoms with Gasteiger partial charge in [0.05, 0.1) is 6.10 Å². The highest BCUT2D eigenvalue weighted by molar-refractivity contribution is 6.30. The number of aliphatic hydroxyl groups excluding tert-OH is 1. The van der Waals surface area contributed by atoms with Gasteiger partial charge < -0.3 is 15.3 Å². The van der Waals surface area contributed by atoms with Crippen molar-refractivity contribution in [2.75, 3.05) is 32.5 Å². The van der Waals surface area contributed by atoms with E-state index in [2.05, 4.69) is 5.32 Å². The van der Waals surface area contributed by atoms with E-state index in [1.807, 2.05) is 19.0 Å². The Morgan fingerprint density at radius 2 is 2.12 bits per heavy atom. The molecule has 0 saturated carbocycles. The van der Waals surface area contributed by atoms with Crippen molar-refractivity contribution in [3.8, 4) is 0 Å². The molecule has 3 nitrogen and oxygen atoms in total. The van der Waals surface area contributed by atoms with Crippen molar-refractivity contribution in [3.63, 3.8) is 0 Å². The van der Waals surface area contributed by atoms with Crippen LogP contribution in [-0.4, -0.2) is 43.3 Å². The Kier molecular flexibility index (Phi) is 4.99. The summed E-state index contributed by atoms with van der Waals surface area (Å²) in [5.41, 5.74) is 0.572. The smallest absolute Gasteiger partial charge is 0.126 e. The molecule has 0 aliphatic heterocycles. The Labute approximate surface area is 99.8 Å². The van der Waals surface area contributed by atoms with Crippen LogP contribution in [0.1, 0.15) is 0 Å². The van der Waals surface area contributed by atoms with E-state index in [1.54, 1.807) is 6.07 Å². The van der Waals surface area contributed by atoms with Crippen LogP contribution < -0.4 is 5.32 Å². The van der Waals surface area contributed by atoms with E-state index in [-0.39, 0.29) is 0 Å². The van der Waals surface area contributed by atoms with E-state index in [0.717, 1.165) is 0 Å². The van der Waals surface area contributed by atoms with Gasteiger partial charge in [-0.15, -0.1) is 0 Å². The van der Waals surface area contributed by atoms with Gasteiger partial charge in [0.25, 0.3) is 0 Å². The van der Waals surface area contributed by atoms with Crippen LogP contribution in [0.25, 0.3) is 0 Å². The standard InChI is InChI=1S/C11H16ClFN2O/c1-15(2)7-11(16)6-14-10-4-8(12)3-9(13)5-10/h3-5,11,14,16H,6-7H2,1-2H3. The number of rotatable bonds is 5. The number of anilines is 1. The minimum Gasteiger partial charge on any atom is -0.390 e. The normalized spacial score (nSPS) is 12.9. The summed E-state index contributed by atoms with van der Waals surface area (Å²) < 4.78 is 13.0. The third-order valence-electron chi connectivity index (χ3n) is 1.98. The maximum atomic E-state index is 13.0. The second kappa shape index (κ2) is 6.03. The van der Waals surface area contributed by atoms with Crippen LogP contribution in [0.4, 0.5) is 10.1 Å². The molecule has 0 bridgehead atoms. The topological polar surface area (TPSA) is 35.5 Å². The number of hydrogen-bond donors (Lipinski definition) is 2. The molecule has 1 atom stereocenters. The molecule has 1 unspecified atom stereocenters. The van der Waals surface area contributed by atoms with Crippen LogP contribution in [0.3, 0.4) is 0 Å². The highest BCUT2D eigenvalue weighted by Crippen LogP contribution is 2.17. The molecule has 0 aromatic heterocycles. The second-order valence-electron chi connectivity index (χ2n) is 3.96. The van der Waals surface area contributed by atoms with E-state index < -0.39 is 11.9 Å². The fourth-order valence-electron chi connectivity index (χ4n) is 1.38. The zero-order chi connectivity index (χ0) is 12.1. The maximum Gasteiger partial charge on any atom is 0.126 e. The zero-order valence-electron chi connectivity index (χ0n) is 9.37. The molecule has 0 spiro atoms. The Morgan fingerprint density at radius 3 is 2.69 bits per heavy atom. The number of halogens is 2. The molecule has 2 N–H and O–H groups in total. The highest BCUT2D eigenvalue weighted by atomic mass is 35.5. The molecule has 1 aromatic rings. The van der Waals surface area contributed by atoms with E-state index >= 15 is 0 Å². The molecule has 1 aromatic carbocycles. The van der Waals surface area contributed by atoms with Gasteiger partial charge in [-0.05, 0) is 32.3 Å². The summed E-state index contributed by atoms with van der Waals surface area (Å²) in [6, 6.07) is 4.20. The van der Waals surface area contributed by atoms with Gasteiger partial charge in [0, 0.05) is 23.8 Å². The number of hydrogen-bond acceptors (Lipinski definition) is 3. The van der Waals surface area contributed by atoms with Crippen molar-refractivity contribution in [1.29, 1.82) is 0 Å². The molecule has 0 heterocycles. The predicted octanol–water partition coefficient (Wildman–Crippen LogP) is 1.81. The third kappa shape index (κ3) is 4.79. The summed E-state index contributed by atoms with van der Waals surface area (Å²) in [7, 11) is 3.75. The van der Waals surface area contributed by atoms with Crippen LogP contribution >= 0.6 is 11.6 Å². The lowest BCUT2D eigenvalue weighted by molar-refractivity contribution is 0.148. The largest absolute Gasteiger partial charge is 0.390 e. The SMILES string of the molecule is CN(C)CC(O)CNc1cc(F)cc(Cl)c1. The first-order valence-corrected chi connectivity index (χ1v) is 5.38. The van der Waals surface area contributed by atoms with E-state index in [1.165, 1.54) is 12.1 Å². The molecule has 5 heteroatoms. The van der Waals surface area contributed by atoms with Gasteiger partial charge in [-0.3, -0.25) is 0 Å². The molecule has 0 aliphatic rings. The molecule has 0 radical (unpaired) electrons. The van der Waals surface area contributed by atoms with Gasteiger partial charge in [-0.2, -0.15) is 0 Å². The average Bonchev–Trinajstić information content (AvgIpc) is 2.12. The molecule has 16 heavy (non-hydrogen) atoms. The summed E-state index contributed by atoms with van der Waals surface area (Å²) in [5, 5.41) is 12.9. The van der Waals surface area contributed by atoms with Crippen molar-refractivity contribution in [2.45, 2.75) is 6.10 Å². The molecular weight excluding hydrogens is 231 g/mol. The lowest BCUT2D eigenvalue weighted by Gasteiger charge is -2.17. The molecule has 0 aliphatic carbocycles. The first kappa shape index (κ1) is 13.2.